The van der Waals surface area contributed by atoms with Crippen LogP contribution in [-0.2, 0) is 9.53 Å². The second kappa shape index (κ2) is 9.08. The Bertz CT molecular complexity index is 1140. The molecule has 0 spiro atoms. The Balaban J connectivity index is 1.81. The molecular weight excluding hydrogens is 422 g/mol. The first-order valence-corrected chi connectivity index (χ1v) is 11.1. The second-order valence-corrected chi connectivity index (χ2v) is 8.30. The number of aryl methyl sites for hydroxylation is 2. The van der Waals surface area contributed by atoms with Gasteiger partial charge in [0.1, 0.15) is 12.4 Å². The van der Waals surface area contributed by atoms with Crippen molar-refractivity contribution in [3.05, 3.63) is 77.0 Å². The molecule has 166 valence electrons. The zero-order valence-corrected chi connectivity index (χ0v) is 19.5. The van der Waals surface area contributed by atoms with E-state index in [9.17, 15) is 4.79 Å². The van der Waals surface area contributed by atoms with E-state index < -0.39 is 0 Å². The third-order valence-electron chi connectivity index (χ3n) is 5.72. The molecule has 8 heteroatoms. The molecule has 4 rings (SSSR count). The van der Waals surface area contributed by atoms with Crippen molar-refractivity contribution < 1.29 is 9.53 Å². The smallest absolute Gasteiger partial charge is 0.325 e. The van der Waals surface area contributed by atoms with Crippen molar-refractivity contribution >= 4 is 23.3 Å². The van der Waals surface area contributed by atoms with Crippen LogP contribution in [0.3, 0.4) is 0 Å². The van der Waals surface area contributed by atoms with E-state index in [0.29, 0.717) is 11.7 Å². The number of thiocarbonyl (C=S) groups is 1. The number of nitrogens with zero attached hydrogens (tertiary/aromatic N) is 4. The maximum absolute atomic E-state index is 12.4. The Hall–Kier alpha value is -3.26. The molecule has 0 saturated carbocycles. The summed E-state index contributed by atoms with van der Waals surface area (Å²) in [6, 6.07) is 11.6. The lowest BCUT2D eigenvalue weighted by Gasteiger charge is -2.27. The van der Waals surface area contributed by atoms with E-state index in [4.69, 9.17) is 17.0 Å². The minimum Gasteiger partial charge on any atom is -0.465 e. The molecule has 0 radical (unpaired) electrons. The van der Waals surface area contributed by atoms with E-state index in [0.717, 1.165) is 34.0 Å². The lowest BCUT2D eigenvalue weighted by atomic mass is 9.97. The number of ether oxygens (including phenoxy) is 1. The highest BCUT2D eigenvalue weighted by Crippen LogP contribution is 2.41. The first-order chi connectivity index (χ1) is 15.4. The lowest BCUT2D eigenvalue weighted by molar-refractivity contribution is -0.143. The number of hydrogen-bond donors (Lipinski definition) is 1. The fraction of sp³-hybridized carbons (Fsp3) is 0.333. The third kappa shape index (κ3) is 4.10. The van der Waals surface area contributed by atoms with Crippen molar-refractivity contribution in [2.75, 3.05) is 13.2 Å². The van der Waals surface area contributed by atoms with Crippen LogP contribution < -0.4 is 5.32 Å². The highest BCUT2D eigenvalue weighted by Gasteiger charge is 2.42. The van der Waals surface area contributed by atoms with Crippen LogP contribution in [0.25, 0.3) is 5.82 Å². The van der Waals surface area contributed by atoms with Crippen LogP contribution in [0.1, 0.15) is 47.2 Å². The molecule has 1 fully saturated rings. The Morgan fingerprint density at radius 2 is 1.97 bits per heavy atom. The van der Waals surface area contributed by atoms with Crippen LogP contribution >= 0.6 is 12.2 Å². The molecule has 0 aromatic carbocycles. The van der Waals surface area contributed by atoms with Crippen molar-refractivity contribution in [2.24, 2.45) is 0 Å². The summed E-state index contributed by atoms with van der Waals surface area (Å²) in [4.78, 5) is 23.4. The van der Waals surface area contributed by atoms with Gasteiger partial charge in [0.25, 0.3) is 0 Å². The Morgan fingerprint density at radius 1 is 1.16 bits per heavy atom. The number of aromatic nitrogens is 3. The molecule has 7 nitrogen and oxygen atoms in total. The van der Waals surface area contributed by atoms with Gasteiger partial charge in [-0.2, -0.15) is 0 Å². The number of hydrogen-bond acceptors (Lipinski definition) is 5. The Morgan fingerprint density at radius 3 is 2.66 bits per heavy atom. The fourth-order valence-electron chi connectivity index (χ4n) is 4.34. The summed E-state index contributed by atoms with van der Waals surface area (Å²) in [5, 5.41) is 3.89. The topological polar surface area (TPSA) is 72.3 Å². The minimum absolute atomic E-state index is 0.0695. The van der Waals surface area contributed by atoms with Gasteiger partial charge in [0.05, 0.1) is 24.4 Å². The molecule has 0 bridgehead atoms. The molecule has 0 aliphatic carbocycles. The molecule has 3 aromatic rings. The molecule has 3 aromatic heterocycles. The first kappa shape index (κ1) is 22.0. The number of carbonyl (C=O) groups is 1. The minimum atomic E-state index is -0.308. The second-order valence-electron chi connectivity index (χ2n) is 7.91. The van der Waals surface area contributed by atoms with Gasteiger partial charge in [-0.3, -0.25) is 9.78 Å². The molecule has 0 unspecified atom stereocenters. The molecule has 4 heterocycles. The van der Waals surface area contributed by atoms with Crippen LogP contribution in [-0.4, -0.2) is 43.7 Å². The molecule has 0 amide bonds. The largest absolute Gasteiger partial charge is 0.465 e. The molecule has 1 aliphatic rings. The summed E-state index contributed by atoms with van der Waals surface area (Å²) < 4.78 is 7.36. The number of rotatable bonds is 6. The van der Waals surface area contributed by atoms with Gasteiger partial charge in [-0.15, -0.1) is 0 Å². The Labute approximate surface area is 193 Å². The first-order valence-electron chi connectivity index (χ1n) is 10.7. The molecule has 2 atom stereocenters. The summed E-state index contributed by atoms with van der Waals surface area (Å²) in [7, 11) is 0. The van der Waals surface area contributed by atoms with Crippen LogP contribution in [0.5, 0.6) is 0 Å². The van der Waals surface area contributed by atoms with Crippen LogP contribution in [0, 0.1) is 20.8 Å². The van der Waals surface area contributed by atoms with Crippen LogP contribution in [0.4, 0.5) is 0 Å². The molecule has 32 heavy (non-hydrogen) atoms. The zero-order valence-electron chi connectivity index (χ0n) is 18.7. The SMILES string of the molecule is CCOC(=O)CN1C(=S)N[C@@H](c2ccccn2)[C@H]1c1cc(C)n(-c2cc(C)ccn2)c1C. The summed E-state index contributed by atoms with van der Waals surface area (Å²) >= 11 is 5.65. The van der Waals surface area contributed by atoms with Crippen LogP contribution in [0.15, 0.2) is 48.8 Å². The number of pyridine rings is 2. The van der Waals surface area contributed by atoms with Crippen molar-refractivity contribution in [3.8, 4) is 5.82 Å². The number of carbonyl (C=O) groups excluding carboxylic acids is 1. The normalized spacial score (nSPS) is 18.0. The van der Waals surface area contributed by atoms with Crippen molar-refractivity contribution in [2.45, 2.75) is 39.8 Å². The van der Waals surface area contributed by atoms with E-state index >= 15 is 0 Å². The van der Waals surface area contributed by atoms with E-state index in [1.54, 1.807) is 13.1 Å². The molecule has 1 aliphatic heterocycles. The zero-order chi connectivity index (χ0) is 22.8. The van der Waals surface area contributed by atoms with Gasteiger partial charge in [0.15, 0.2) is 5.11 Å². The standard InChI is InChI=1S/C24H27N5O2S/c1-5-31-21(30)14-28-23(22(27-24(28)32)19-8-6-7-10-25-19)18-13-16(3)29(17(18)4)20-12-15(2)9-11-26-20/h6-13,22-23H,5,14H2,1-4H3,(H,27,32)/t22-,23+/m0/s1. The highest BCUT2D eigenvalue weighted by molar-refractivity contribution is 7.80. The van der Waals surface area contributed by atoms with Gasteiger partial charge >= 0.3 is 5.97 Å². The monoisotopic (exact) mass is 449 g/mol. The molecule has 1 saturated heterocycles. The van der Waals surface area contributed by atoms with E-state index in [1.165, 1.54) is 0 Å². The number of esters is 1. The van der Waals surface area contributed by atoms with E-state index in [2.05, 4.69) is 52.8 Å². The molecule has 1 N–H and O–H groups in total. The quantitative estimate of drug-likeness (QED) is 0.454. The third-order valence-corrected chi connectivity index (χ3v) is 6.07. The Kier molecular flexibility index (Phi) is 6.23. The van der Waals surface area contributed by atoms with Crippen molar-refractivity contribution in [3.63, 3.8) is 0 Å². The summed E-state index contributed by atoms with van der Waals surface area (Å²) in [5.41, 5.74) is 5.18. The lowest BCUT2D eigenvalue weighted by Crippen LogP contribution is -2.35. The predicted molar refractivity (Wildman–Crippen MR) is 127 cm³/mol. The summed E-state index contributed by atoms with van der Waals surface area (Å²) in [6.07, 6.45) is 3.59. The molecular formula is C24H27N5O2S. The van der Waals surface area contributed by atoms with Gasteiger partial charge in [0, 0.05) is 23.8 Å². The average Bonchev–Trinajstić information content (AvgIpc) is 3.24. The van der Waals surface area contributed by atoms with E-state index in [1.807, 2.05) is 35.4 Å². The predicted octanol–water partition coefficient (Wildman–Crippen LogP) is 3.73. The maximum atomic E-state index is 12.4. The van der Waals surface area contributed by atoms with Gasteiger partial charge in [-0.1, -0.05) is 6.07 Å². The number of nitrogens with one attached hydrogen (secondary N) is 1. The van der Waals surface area contributed by atoms with Gasteiger partial charge in [-0.05, 0) is 81.4 Å². The highest BCUT2D eigenvalue weighted by atomic mass is 32.1. The summed E-state index contributed by atoms with van der Waals surface area (Å²) in [5.74, 6) is 0.559. The average molecular weight is 450 g/mol. The van der Waals surface area contributed by atoms with Crippen molar-refractivity contribution in [1.29, 1.82) is 0 Å². The van der Waals surface area contributed by atoms with Crippen molar-refractivity contribution in [1.82, 2.24) is 24.8 Å². The van der Waals surface area contributed by atoms with Gasteiger partial charge in [-0.25, -0.2) is 4.98 Å². The van der Waals surface area contributed by atoms with Crippen LogP contribution in [0.2, 0.25) is 0 Å². The van der Waals surface area contributed by atoms with Gasteiger partial charge in [0.2, 0.25) is 0 Å². The summed E-state index contributed by atoms with van der Waals surface area (Å²) in [6.45, 7) is 8.39. The fourth-order valence-corrected chi connectivity index (χ4v) is 4.65. The van der Waals surface area contributed by atoms with E-state index in [-0.39, 0.29) is 24.6 Å². The van der Waals surface area contributed by atoms with Gasteiger partial charge < -0.3 is 19.5 Å². The maximum Gasteiger partial charge on any atom is 0.325 e.